The molecule has 9 aromatic heterocycles. The lowest BCUT2D eigenvalue weighted by Gasteiger charge is -2.18. The fourth-order valence-electron chi connectivity index (χ4n) is 18.7. The third-order valence-corrected chi connectivity index (χ3v) is 24.4. The molecule has 0 amide bonds. The molecule has 23 aromatic rings. The maximum atomic E-state index is 4.93. The quantitative estimate of drug-likeness (QED) is 0.108. The van der Waals surface area contributed by atoms with Gasteiger partial charge in [0.05, 0.1) is 34.2 Å². The average molecular weight is 1560 g/mol. The Morgan fingerprint density at radius 1 is 0.180 bits per heavy atom. The second kappa shape index (κ2) is 28.9. The normalized spacial score (nSPS) is 11.8. The monoisotopic (exact) mass is 1560 g/mol. The van der Waals surface area contributed by atoms with Crippen LogP contribution in [0.3, 0.4) is 0 Å². The molecule has 0 N–H and O–H groups in total. The van der Waals surface area contributed by atoms with E-state index < -0.39 is 0 Å². The summed E-state index contributed by atoms with van der Waals surface area (Å²) in [6, 6.07) is 123. The van der Waals surface area contributed by atoms with Gasteiger partial charge in [0.1, 0.15) is 28.9 Å². The van der Waals surface area contributed by atoms with Crippen molar-refractivity contribution in [2.45, 2.75) is 27.7 Å². The summed E-state index contributed by atoms with van der Waals surface area (Å²) in [6.07, 6.45) is 18.5. The van der Waals surface area contributed by atoms with Crippen molar-refractivity contribution >= 4 is 65.7 Å². The van der Waals surface area contributed by atoms with Gasteiger partial charge < -0.3 is 17.6 Å². The Morgan fingerprint density at radius 2 is 0.377 bits per heavy atom. The van der Waals surface area contributed by atoms with Crippen molar-refractivity contribution in [1.82, 2.24) is 47.5 Å². The van der Waals surface area contributed by atoms with Gasteiger partial charge in [-0.05, 0) is 274 Å². The fraction of sp³-hybridized carbons (Fsp3) is 0.0357. The van der Waals surface area contributed by atoms with Crippen LogP contribution in [-0.2, 0) is 0 Å². The van der Waals surface area contributed by atoms with Gasteiger partial charge in [-0.1, -0.05) is 243 Å². The lowest BCUT2D eigenvalue weighted by molar-refractivity contribution is 1.18. The molecule has 10 nitrogen and oxygen atoms in total. The molecule has 10 heteroatoms. The Hall–Kier alpha value is -16.0. The van der Waals surface area contributed by atoms with E-state index in [4.69, 9.17) is 29.9 Å². The molecular formula is C112H76N10. The number of hydrogen-bond donors (Lipinski definition) is 0. The van der Waals surface area contributed by atoms with E-state index in [2.05, 4.69) is 401 Å². The standard InChI is InChI=1S/C112H76N10/c1-69-64-119-49-45-81-53-77(37-41-103(81)109(119)115-69)93-19-7-13-25-99(93)87-57-85(58-88(61-87)100-26-14-8-20-94(100)78-38-42-104-82(54-78)46-50-120-65-70(2)116-110(104)120)97-23-11-5-17-91(97)73-29-33-75(34-30-73)107-63-108(114-68-113-107)76-35-31-74(32-36-76)92-18-6-12-24-98(92)86-59-89(101-27-15-9-21-95(101)79-39-43-105-83(55-79)47-51-121-66-71(3)117-111(105)121)62-90(60-86)102-28-16-10-22-96(102)80-40-44-106-84(56-80)48-52-122-67-72(4)118-112(106)122/h5-68H,1-4H3. The Labute approximate surface area is 704 Å². The van der Waals surface area contributed by atoms with Crippen LogP contribution in [0.15, 0.2) is 390 Å². The SMILES string of the molecule is Cc1cn2ccc3cc(-c4ccccc4-c4cc(-c5ccccc5-c5ccc(-c6cc(-c7ccc(-c8ccccc8-c8cc(-c9ccccc9-c9ccc%10c(ccn%11cc(C)nc%10%11)c9)cc(-c9ccccc9-c9ccc%10c(ccn%11cc(C)nc%10%11)c9)c8)cc7)ncn6)cc5)cc(-c5ccccc5-c5ccc6c(ccn7cc(C)nc67)c5)c4)ccc3c2n1. The number of fused-ring (bicyclic) bond motifs is 12. The number of rotatable bonds is 14. The van der Waals surface area contributed by atoms with Gasteiger partial charge in [0, 0.05) is 82.2 Å². The zero-order chi connectivity index (χ0) is 81.2. The number of aryl methyl sites for hydroxylation is 4. The molecule has 0 aliphatic carbocycles. The van der Waals surface area contributed by atoms with E-state index in [1.54, 1.807) is 6.33 Å². The number of aromatic nitrogens is 10. The molecule has 0 fully saturated rings. The summed E-state index contributed by atoms with van der Waals surface area (Å²) in [5, 5.41) is 9.06. The van der Waals surface area contributed by atoms with Crippen molar-refractivity contribution in [3.05, 3.63) is 412 Å². The summed E-state index contributed by atoms with van der Waals surface area (Å²) in [4.78, 5) is 29.5. The lowest BCUT2D eigenvalue weighted by atomic mass is 9.86. The van der Waals surface area contributed by atoms with Gasteiger partial charge in [-0.15, -0.1) is 0 Å². The highest BCUT2D eigenvalue weighted by Gasteiger charge is 2.23. The van der Waals surface area contributed by atoms with Crippen LogP contribution >= 0.6 is 0 Å². The number of nitrogens with zero attached hydrogens (tertiary/aromatic N) is 10. The van der Waals surface area contributed by atoms with Crippen LogP contribution in [0.25, 0.3) is 222 Å². The Bertz CT molecular complexity index is 7360. The molecule has 14 aromatic carbocycles. The molecule has 0 bridgehead atoms. The number of benzene rings is 14. The fourth-order valence-corrected chi connectivity index (χ4v) is 18.7. The first-order chi connectivity index (χ1) is 60.0. The maximum Gasteiger partial charge on any atom is 0.144 e. The van der Waals surface area contributed by atoms with Crippen molar-refractivity contribution in [2.75, 3.05) is 0 Å². The van der Waals surface area contributed by atoms with Crippen LogP contribution in [0.2, 0.25) is 0 Å². The summed E-state index contributed by atoms with van der Waals surface area (Å²) in [7, 11) is 0. The van der Waals surface area contributed by atoms with Crippen LogP contribution in [0.4, 0.5) is 0 Å². The minimum atomic E-state index is 0.836. The van der Waals surface area contributed by atoms with E-state index in [-0.39, 0.29) is 0 Å². The largest absolute Gasteiger partial charge is 0.306 e. The molecule has 0 radical (unpaired) electrons. The first-order valence-electron chi connectivity index (χ1n) is 41.5. The van der Waals surface area contributed by atoms with Crippen LogP contribution in [-0.4, -0.2) is 47.5 Å². The molecule has 122 heavy (non-hydrogen) atoms. The molecule has 0 atom stereocenters. The number of pyridine rings is 4. The third-order valence-electron chi connectivity index (χ3n) is 24.4. The summed E-state index contributed by atoms with van der Waals surface area (Å²) in [6.45, 7) is 8.20. The van der Waals surface area contributed by atoms with Crippen LogP contribution < -0.4 is 0 Å². The summed E-state index contributed by atoms with van der Waals surface area (Å²) in [5.74, 6) is 0. The van der Waals surface area contributed by atoms with Crippen molar-refractivity contribution in [3.63, 3.8) is 0 Å². The van der Waals surface area contributed by atoms with E-state index in [0.29, 0.717) is 0 Å². The highest BCUT2D eigenvalue weighted by atomic mass is 15.0. The first-order valence-corrected chi connectivity index (χ1v) is 41.5. The zero-order valence-electron chi connectivity index (χ0n) is 67.4. The minimum Gasteiger partial charge on any atom is -0.306 e. The van der Waals surface area contributed by atoms with E-state index in [1.165, 1.54) is 0 Å². The second-order valence-corrected chi connectivity index (χ2v) is 32.2. The van der Waals surface area contributed by atoms with E-state index in [1.807, 2.05) is 27.7 Å². The Kier molecular flexibility index (Phi) is 16.9. The summed E-state index contributed by atoms with van der Waals surface area (Å²) < 4.78 is 8.46. The molecular weight excluding hydrogens is 1490 g/mol. The molecule has 574 valence electrons. The third kappa shape index (κ3) is 12.6. The van der Waals surface area contributed by atoms with Gasteiger partial charge in [0.15, 0.2) is 0 Å². The highest BCUT2D eigenvalue weighted by molar-refractivity contribution is 6.05. The minimum absolute atomic E-state index is 0.836. The highest BCUT2D eigenvalue weighted by Crippen LogP contribution is 2.47. The van der Waals surface area contributed by atoms with Crippen LogP contribution in [0.5, 0.6) is 0 Å². The average Bonchev–Trinajstić information content (AvgIpc) is 1.45. The van der Waals surface area contributed by atoms with E-state index >= 15 is 0 Å². The second-order valence-electron chi connectivity index (χ2n) is 32.2. The first kappa shape index (κ1) is 71.3. The lowest BCUT2D eigenvalue weighted by Crippen LogP contribution is -1.93. The number of hydrogen-bond acceptors (Lipinski definition) is 6. The predicted octanol–water partition coefficient (Wildman–Crippen LogP) is 28.3. The molecule has 0 aliphatic rings. The molecule has 23 rings (SSSR count). The molecule has 0 aliphatic heterocycles. The predicted molar refractivity (Wildman–Crippen MR) is 502 cm³/mol. The van der Waals surface area contributed by atoms with Gasteiger partial charge in [-0.25, -0.2) is 29.9 Å². The molecule has 0 spiro atoms. The van der Waals surface area contributed by atoms with Gasteiger partial charge in [-0.2, -0.15) is 0 Å². The van der Waals surface area contributed by atoms with E-state index in [0.717, 1.165) is 244 Å². The van der Waals surface area contributed by atoms with Crippen molar-refractivity contribution in [1.29, 1.82) is 0 Å². The molecule has 0 saturated heterocycles. The molecule has 0 saturated carbocycles. The summed E-state index contributed by atoms with van der Waals surface area (Å²) >= 11 is 0. The van der Waals surface area contributed by atoms with Crippen LogP contribution in [0, 0.1) is 27.7 Å². The maximum absolute atomic E-state index is 4.93. The van der Waals surface area contributed by atoms with Crippen molar-refractivity contribution in [3.8, 4) is 156 Å². The zero-order valence-corrected chi connectivity index (χ0v) is 67.4. The Balaban J connectivity index is 0.583. The van der Waals surface area contributed by atoms with Crippen molar-refractivity contribution in [2.24, 2.45) is 0 Å². The van der Waals surface area contributed by atoms with Gasteiger partial charge in [0.25, 0.3) is 0 Å². The Morgan fingerprint density at radius 3 is 0.607 bits per heavy atom. The molecule has 0 unspecified atom stereocenters. The smallest absolute Gasteiger partial charge is 0.144 e. The van der Waals surface area contributed by atoms with Gasteiger partial charge in [-0.3, -0.25) is 0 Å². The van der Waals surface area contributed by atoms with Crippen molar-refractivity contribution < 1.29 is 0 Å². The van der Waals surface area contributed by atoms with E-state index in [9.17, 15) is 0 Å². The molecule has 9 heterocycles. The van der Waals surface area contributed by atoms with Gasteiger partial charge in [0.2, 0.25) is 0 Å². The van der Waals surface area contributed by atoms with Crippen LogP contribution in [0.1, 0.15) is 22.8 Å². The summed E-state index contributed by atoms with van der Waals surface area (Å²) in [5.41, 5.74) is 38.5. The number of imidazole rings is 4. The topological polar surface area (TPSA) is 95.0 Å². The van der Waals surface area contributed by atoms with Gasteiger partial charge >= 0.3 is 0 Å².